The van der Waals surface area contributed by atoms with Crippen molar-refractivity contribution < 1.29 is 10.0 Å². The Kier molecular flexibility index (Phi) is 4.51. The summed E-state index contributed by atoms with van der Waals surface area (Å²) in [6.07, 6.45) is 0. The number of hydrogen-bond acceptors (Lipinski definition) is 4. The maximum absolute atomic E-state index is 10.7. The molecule has 0 saturated carbocycles. The third kappa shape index (κ3) is 3.50. The highest BCUT2D eigenvalue weighted by molar-refractivity contribution is 5.48. The Bertz CT molecular complexity index is 538. The molecule has 7 heteroatoms. The van der Waals surface area contributed by atoms with E-state index >= 15 is 0 Å². The van der Waals surface area contributed by atoms with Gasteiger partial charge in [-0.15, -0.1) is 0 Å². The molecule has 1 rings (SSSR count). The first kappa shape index (κ1) is 12.5. The lowest BCUT2D eigenvalue weighted by Crippen LogP contribution is -1.95. The predicted molar refractivity (Wildman–Crippen MR) is 59.9 cm³/mol. The average Bonchev–Trinajstić information content (AvgIpc) is 2.34. The summed E-state index contributed by atoms with van der Waals surface area (Å²) in [5.74, 6) is 5.18. The van der Waals surface area contributed by atoms with E-state index in [0.29, 0.717) is 5.56 Å². The first-order chi connectivity index (χ1) is 8.19. The van der Waals surface area contributed by atoms with E-state index in [1.54, 1.807) is 6.07 Å². The van der Waals surface area contributed by atoms with Crippen molar-refractivity contribution in [2.45, 2.75) is 6.61 Å². The molecule has 0 aromatic heterocycles. The molecule has 0 atom stereocenters. The molecular weight excluding hydrogens is 224 g/mol. The van der Waals surface area contributed by atoms with Crippen LogP contribution in [0.2, 0.25) is 0 Å². The van der Waals surface area contributed by atoms with Crippen molar-refractivity contribution in [3.05, 3.63) is 49.9 Å². The van der Waals surface area contributed by atoms with Crippen molar-refractivity contribution in [3.63, 3.8) is 0 Å². The van der Waals surface area contributed by atoms with Crippen LogP contribution in [0.15, 0.2) is 23.3 Å². The van der Waals surface area contributed by atoms with Gasteiger partial charge in [0.15, 0.2) is 0 Å². The van der Waals surface area contributed by atoms with E-state index in [0.717, 1.165) is 0 Å². The second-order valence-corrected chi connectivity index (χ2v) is 2.95. The Morgan fingerprint density at radius 1 is 1.59 bits per heavy atom. The van der Waals surface area contributed by atoms with E-state index in [4.69, 9.17) is 10.6 Å². The Morgan fingerprint density at radius 2 is 2.35 bits per heavy atom. The van der Waals surface area contributed by atoms with Gasteiger partial charge in [0.1, 0.15) is 0 Å². The number of nitro benzene ring substituents is 1. The fraction of sp³-hybridized carbons (Fsp3) is 0.200. The van der Waals surface area contributed by atoms with Crippen LogP contribution in [0, 0.1) is 22.0 Å². The van der Waals surface area contributed by atoms with Gasteiger partial charge in [-0.3, -0.25) is 10.1 Å². The van der Waals surface area contributed by atoms with Crippen molar-refractivity contribution in [2.75, 3.05) is 6.54 Å². The van der Waals surface area contributed by atoms with Gasteiger partial charge < -0.3 is 5.11 Å². The maximum atomic E-state index is 10.7. The molecule has 0 aliphatic heterocycles. The summed E-state index contributed by atoms with van der Waals surface area (Å²) < 4.78 is 0. The van der Waals surface area contributed by atoms with Gasteiger partial charge in [0.2, 0.25) is 0 Å². The number of aliphatic hydroxyl groups is 1. The zero-order valence-corrected chi connectivity index (χ0v) is 8.70. The molecular formula is C10H8N4O3. The van der Waals surface area contributed by atoms with Crippen LogP contribution in [0.1, 0.15) is 11.1 Å². The van der Waals surface area contributed by atoms with E-state index < -0.39 is 11.5 Å². The van der Waals surface area contributed by atoms with E-state index in [1.807, 2.05) is 0 Å². The highest BCUT2D eigenvalue weighted by Crippen LogP contribution is 2.19. The van der Waals surface area contributed by atoms with Gasteiger partial charge >= 0.3 is 0 Å². The zero-order chi connectivity index (χ0) is 12.7. The van der Waals surface area contributed by atoms with Crippen LogP contribution in [-0.4, -0.2) is 16.6 Å². The Hall–Kier alpha value is -2.55. The van der Waals surface area contributed by atoms with Crippen LogP contribution in [-0.2, 0) is 6.61 Å². The minimum Gasteiger partial charge on any atom is -0.391 e. The van der Waals surface area contributed by atoms with Crippen LogP contribution >= 0.6 is 0 Å². The molecule has 0 bridgehead atoms. The minimum atomic E-state index is -0.579. The summed E-state index contributed by atoms with van der Waals surface area (Å²) in [7, 11) is 0. The standard InChI is InChI=1S/C10H8N4O3/c11-13-12-5-1-2-8-3-4-9(7-15)10(6-8)14(16)17/h3-4,6,15H,5,7H2. The van der Waals surface area contributed by atoms with Gasteiger partial charge in [0.25, 0.3) is 5.69 Å². The minimum absolute atomic E-state index is 0.00600. The van der Waals surface area contributed by atoms with E-state index in [9.17, 15) is 10.1 Å². The van der Waals surface area contributed by atoms with Crippen LogP contribution < -0.4 is 0 Å². The van der Waals surface area contributed by atoms with Gasteiger partial charge in [-0.05, 0) is 17.7 Å². The number of benzene rings is 1. The molecule has 0 amide bonds. The van der Waals surface area contributed by atoms with Crippen molar-refractivity contribution in [1.82, 2.24) is 0 Å². The highest BCUT2D eigenvalue weighted by Gasteiger charge is 2.12. The summed E-state index contributed by atoms with van der Waals surface area (Å²) >= 11 is 0. The molecule has 1 N–H and O–H groups in total. The number of rotatable bonds is 3. The summed E-state index contributed by atoms with van der Waals surface area (Å²) in [4.78, 5) is 12.6. The van der Waals surface area contributed by atoms with Gasteiger partial charge in [-0.2, -0.15) is 0 Å². The number of nitro groups is 1. The van der Waals surface area contributed by atoms with Gasteiger partial charge in [0, 0.05) is 16.5 Å². The van der Waals surface area contributed by atoms with Crippen LogP contribution in [0.4, 0.5) is 5.69 Å². The van der Waals surface area contributed by atoms with Crippen LogP contribution in [0.25, 0.3) is 10.4 Å². The molecule has 0 fully saturated rings. The fourth-order valence-corrected chi connectivity index (χ4v) is 1.15. The molecule has 0 spiro atoms. The molecule has 0 aliphatic carbocycles. The second-order valence-electron chi connectivity index (χ2n) is 2.95. The zero-order valence-electron chi connectivity index (χ0n) is 8.70. The summed E-state index contributed by atoms with van der Waals surface area (Å²) in [5.41, 5.74) is 8.51. The first-order valence-electron chi connectivity index (χ1n) is 4.57. The number of azide groups is 1. The monoisotopic (exact) mass is 232 g/mol. The smallest absolute Gasteiger partial charge is 0.276 e. The normalized spacial score (nSPS) is 8.76. The molecule has 86 valence electrons. The summed E-state index contributed by atoms with van der Waals surface area (Å²) in [6, 6.07) is 4.27. The Balaban J connectivity index is 3.02. The lowest BCUT2D eigenvalue weighted by molar-refractivity contribution is -0.385. The number of nitrogens with zero attached hydrogens (tertiary/aromatic N) is 4. The van der Waals surface area contributed by atoms with Crippen molar-refractivity contribution >= 4 is 5.69 Å². The van der Waals surface area contributed by atoms with E-state index in [2.05, 4.69) is 21.9 Å². The molecule has 1 aromatic carbocycles. The Morgan fingerprint density at radius 3 is 2.94 bits per heavy atom. The summed E-state index contributed by atoms with van der Waals surface area (Å²) in [6.45, 7) is -0.394. The van der Waals surface area contributed by atoms with Gasteiger partial charge in [-0.1, -0.05) is 17.0 Å². The lowest BCUT2D eigenvalue weighted by atomic mass is 10.1. The molecule has 0 aliphatic rings. The molecule has 0 unspecified atom stereocenters. The number of hydrogen-bond donors (Lipinski definition) is 1. The van der Waals surface area contributed by atoms with Gasteiger partial charge in [0.05, 0.1) is 23.6 Å². The van der Waals surface area contributed by atoms with Crippen molar-refractivity contribution in [2.24, 2.45) is 5.11 Å². The van der Waals surface area contributed by atoms with Gasteiger partial charge in [-0.25, -0.2) is 0 Å². The molecule has 7 nitrogen and oxygen atoms in total. The maximum Gasteiger partial charge on any atom is 0.276 e. The predicted octanol–water partition coefficient (Wildman–Crippen LogP) is 1.75. The SMILES string of the molecule is [N-]=[N+]=NCC#Cc1ccc(CO)c([N+](=O)[O-])c1. The van der Waals surface area contributed by atoms with Crippen LogP contribution in [0.3, 0.4) is 0 Å². The molecule has 0 saturated heterocycles. The summed E-state index contributed by atoms with van der Waals surface area (Å²) in [5, 5.41) is 22.8. The molecule has 0 radical (unpaired) electrons. The topological polar surface area (TPSA) is 112 Å². The quantitative estimate of drug-likeness (QED) is 0.214. The lowest BCUT2D eigenvalue weighted by Gasteiger charge is -1.99. The van der Waals surface area contributed by atoms with E-state index in [-0.39, 0.29) is 17.8 Å². The van der Waals surface area contributed by atoms with E-state index in [1.165, 1.54) is 12.1 Å². The van der Waals surface area contributed by atoms with Crippen molar-refractivity contribution in [1.29, 1.82) is 0 Å². The third-order valence-corrected chi connectivity index (χ3v) is 1.90. The third-order valence-electron chi connectivity index (χ3n) is 1.90. The molecule has 1 aromatic rings. The average molecular weight is 232 g/mol. The highest BCUT2D eigenvalue weighted by atomic mass is 16.6. The number of aliphatic hydroxyl groups excluding tert-OH is 1. The molecule has 17 heavy (non-hydrogen) atoms. The fourth-order valence-electron chi connectivity index (χ4n) is 1.15. The van der Waals surface area contributed by atoms with Crippen LogP contribution in [0.5, 0.6) is 0 Å². The second kappa shape index (κ2) is 6.12. The van der Waals surface area contributed by atoms with Crippen molar-refractivity contribution in [3.8, 4) is 11.8 Å². The molecule has 0 heterocycles. The largest absolute Gasteiger partial charge is 0.391 e. The first-order valence-corrected chi connectivity index (χ1v) is 4.57. The Labute approximate surface area is 96.5 Å².